The number of nitrogen functional groups attached to an aromatic ring is 1. The summed E-state index contributed by atoms with van der Waals surface area (Å²) in [6.45, 7) is 0. The minimum atomic E-state index is -4.88. The molecule has 0 unspecified atom stereocenters. The number of hydrogen-bond acceptors (Lipinski definition) is 6. The summed E-state index contributed by atoms with van der Waals surface area (Å²) in [6.07, 6.45) is -1.58. The van der Waals surface area contributed by atoms with E-state index in [1.165, 1.54) is 18.3 Å². The van der Waals surface area contributed by atoms with Gasteiger partial charge in [-0.1, -0.05) is 6.07 Å². The van der Waals surface area contributed by atoms with Crippen LogP contribution in [-0.4, -0.2) is 28.1 Å². The molecule has 0 aliphatic heterocycles. The number of nitrogens with two attached hydrogens (primary N) is 2. The lowest BCUT2D eigenvalue weighted by atomic mass is 9.96. The molecule has 0 amide bonds. The first-order valence-corrected chi connectivity index (χ1v) is 8.01. The molecule has 9 heteroatoms. The molecule has 142 valence electrons. The Hall–Kier alpha value is -3.75. The van der Waals surface area contributed by atoms with Crippen LogP contribution in [0.1, 0.15) is 11.3 Å². The Morgan fingerprint density at radius 1 is 1.14 bits per heavy atom. The summed E-state index contributed by atoms with van der Waals surface area (Å²) in [6, 6.07) is 9.53. The highest BCUT2D eigenvalue weighted by atomic mass is 19.4. The van der Waals surface area contributed by atoms with E-state index >= 15 is 0 Å². The van der Waals surface area contributed by atoms with Crippen molar-refractivity contribution >= 4 is 34.1 Å². The first-order chi connectivity index (χ1) is 13.3. The molecule has 0 atom stereocenters. The normalized spacial score (nSPS) is 12.2. The van der Waals surface area contributed by atoms with Crippen LogP contribution in [0.5, 0.6) is 0 Å². The number of alkyl halides is 3. The van der Waals surface area contributed by atoms with Gasteiger partial charge in [-0.05, 0) is 30.3 Å². The van der Waals surface area contributed by atoms with E-state index < -0.39 is 17.5 Å². The van der Waals surface area contributed by atoms with Gasteiger partial charge in [-0.15, -0.1) is 0 Å². The molecule has 3 rings (SSSR count). The largest absolute Gasteiger partial charge is 0.433 e. The van der Waals surface area contributed by atoms with E-state index in [0.717, 1.165) is 6.21 Å². The van der Waals surface area contributed by atoms with Gasteiger partial charge >= 0.3 is 6.18 Å². The van der Waals surface area contributed by atoms with Crippen molar-refractivity contribution in [2.24, 2.45) is 5.73 Å². The van der Waals surface area contributed by atoms with Gasteiger partial charge in [0.1, 0.15) is 5.71 Å². The van der Waals surface area contributed by atoms with Crippen LogP contribution in [0.3, 0.4) is 0 Å². The highest BCUT2D eigenvalue weighted by Gasteiger charge is 2.37. The van der Waals surface area contributed by atoms with Gasteiger partial charge in [0.15, 0.2) is 0 Å². The van der Waals surface area contributed by atoms with Gasteiger partial charge in [-0.3, -0.25) is 10.4 Å². The minimum absolute atomic E-state index is 0.126. The van der Waals surface area contributed by atoms with E-state index in [9.17, 15) is 13.2 Å². The fourth-order valence-electron chi connectivity index (χ4n) is 2.84. The van der Waals surface area contributed by atoms with E-state index in [4.69, 9.17) is 22.3 Å². The molecule has 1 aromatic carbocycles. The van der Waals surface area contributed by atoms with E-state index in [0.29, 0.717) is 39.6 Å². The number of allylic oxidation sites excluding steroid dienone is 1. The third-order valence-corrected chi connectivity index (χ3v) is 4.13. The molecular formula is C19H15F3N6. The maximum absolute atomic E-state index is 13.1. The van der Waals surface area contributed by atoms with Gasteiger partial charge in [0.2, 0.25) is 0 Å². The van der Waals surface area contributed by atoms with Crippen molar-refractivity contribution in [3.05, 3.63) is 60.1 Å². The van der Waals surface area contributed by atoms with Crippen molar-refractivity contribution < 1.29 is 13.2 Å². The quantitative estimate of drug-likeness (QED) is 0.404. The van der Waals surface area contributed by atoms with E-state index in [1.54, 1.807) is 24.3 Å². The number of anilines is 1. The number of aromatic nitrogens is 2. The fourth-order valence-corrected chi connectivity index (χ4v) is 2.84. The third-order valence-electron chi connectivity index (χ3n) is 4.13. The van der Waals surface area contributed by atoms with Gasteiger partial charge in [-0.2, -0.15) is 13.2 Å². The Balaban J connectivity index is 2.39. The van der Waals surface area contributed by atoms with Crippen LogP contribution in [0.4, 0.5) is 18.9 Å². The summed E-state index contributed by atoms with van der Waals surface area (Å²) >= 11 is 0. The maximum atomic E-state index is 13.1. The SMILES string of the molecule is N=Cc1c(N)ccc2nc(/C(=C/N)C(=N)C(F)(F)F)cc(-c3ccccn3)c12. The Kier molecular flexibility index (Phi) is 4.83. The second-order valence-electron chi connectivity index (χ2n) is 5.83. The standard InChI is InChI=1S/C19H15F3N6/c20-19(21,22)18(26)12(9-24)16-7-10(14-3-1-2-6-27-14)17-11(8-23)13(25)4-5-15(17)28-16/h1-9,23,26H,24-25H2/b12-9-,23-8?,26-18?. The van der Waals surface area contributed by atoms with Crippen LogP contribution >= 0.6 is 0 Å². The second kappa shape index (κ2) is 7.10. The highest BCUT2D eigenvalue weighted by molar-refractivity contribution is 6.25. The molecule has 0 aliphatic carbocycles. The van der Waals surface area contributed by atoms with E-state index in [1.807, 2.05) is 0 Å². The van der Waals surface area contributed by atoms with Crippen LogP contribution in [0.15, 0.2) is 48.8 Å². The minimum Gasteiger partial charge on any atom is -0.404 e. The number of rotatable bonds is 4. The molecule has 0 fully saturated rings. The van der Waals surface area contributed by atoms with E-state index in [-0.39, 0.29) is 5.69 Å². The average Bonchev–Trinajstić information content (AvgIpc) is 2.68. The van der Waals surface area contributed by atoms with Gasteiger partial charge in [0.05, 0.1) is 16.9 Å². The molecule has 0 radical (unpaired) electrons. The van der Waals surface area contributed by atoms with Gasteiger partial charge in [0.25, 0.3) is 0 Å². The van der Waals surface area contributed by atoms with Crippen molar-refractivity contribution in [2.45, 2.75) is 6.18 Å². The molecule has 2 heterocycles. The molecule has 28 heavy (non-hydrogen) atoms. The summed E-state index contributed by atoms with van der Waals surface area (Å²) in [5, 5.41) is 15.6. The summed E-state index contributed by atoms with van der Waals surface area (Å²) in [5.74, 6) is 0. The van der Waals surface area contributed by atoms with Crippen molar-refractivity contribution in [2.75, 3.05) is 5.73 Å². The molecule has 6 N–H and O–H groups in total. The van der Waals surface area contributed by atoms with Crippen molar-refractivity contribution in [1.29, 1.82) is 10.8 Å². The predicted molar refractivity (Wildman–Crippen MR) is 103 cm³/mol. The first kappa shape index (κ1) is 19.0. The van der Waals surface area contributed by atoms with Crippen molar-refractivity contribution in [1.82, 2.24) is 9.97 Å². The van der Waals surface area contributed by atoms with Crippen LogP contribution < -0.4 is 11.5 Å². The molecule has 0 bridgehead atoms. The van der Waals surface area contributed by atoms with Crippen LogP contribution in [0.2, 0.25) is 0 Å². The Bertz CT molecular complexity index is 1100. The van der Waals surface area contributed by atoms with Crippen LogP contribution in [0, 0.1) is 10.8 Å². The van der Waals surface area contributed by atoms with Crippen LogP contribution in [-0.2, 0) is 0 Å². The number of nitrogens with one attached hydrogen (secondary N) is 2. The lowest BCUT2D eigenvalue weighted by molar-refractivity contribution is -0.0578. The van der Waals surface area contributed by atoms with Crippen molar-refractivity contribution in [3.63, 3.8) is 0 Å². The maximum Gasteiger partial charge on any atom is 0.433 e. The molecule has 2 aromatic heterocycles. The molecule has 3 aromatic rings. The van der Waals surface area contributed by atoms with Crippen molar-refractivity contribution in [3.8, 4) is 11.3 Å². The Morgan fingerprint density at radius 2 is 1.89 bits per heavy atom. The monoisotopic (exact) mass is 384 g/mol. The van der Waals surface area contributed by atoms with Crippen LogP contribution in [0.25, 0.3) is 27.7 Å². The Morgan fingerprint density at radius 3 is 2.46 bits per heavy atom. The fraction of sp³-hybridized carbons (Fsp3) is 0.0526. The molecule has 0 spiro atoms. The van der Waals surface area contributed by atoms with E-state index in [2.05, 4.69) is 9.97 Å². The molecule has 0 saturated heterocycles. The smallest absolute Gasteiger partial charge is 0.404 e. The Labute approximate surface area is 157 Å². The summed E-state index contributed by atoms with van der Waals surface area (Å²) in [7, 11) is 0. The molecule has 6 nitrogen and oxygen atoms in total. The zero-order valence-electron chi connectivity index (χ0n) is 14.4. The molecule has 0 aliphatic rings. The summed E-state index contributed by atoms with van der Waals surface area (Å²) < 4.78 is 39.2. The predicted octanol–water partition coefficient (Wildman–Crippen LogP) is 3.76. The second-order valence-corrected chi connectivity index (χ2v) is 5.83. The number of halogens is 3. The average molecular weight is 384 g/mol. The molecular weight excluding hydrogens is 369 g/mol. The number of pyridine rings is 2. The third kappa shape index (κ3) is 3.29. The van der Waals surface area contributed by atoms with Gasteiger partial charge in [-0.25, -0.2) is 4.98 Å². The number of benzene rings is 1. The summed E-state index contributed by atoms with van der Waals surface area (Å²) in [4.78, 5) is 8.49. The zero-order valence-corrected chi connectivity index (χ0v) is 14.4. The van der Waals surface area contributed by atoms with Gasteiger partial charge in [0, 0.05) is 46.4 Å². The molecule has 0 saturated carbocycles. The first-order valence-electron chi connectivity index (χ1n) is 8.01. The number of fused-ring (bicyclic) bond motifs is 1. The summed E-state index contributed by atoms with van der Waals surface area (Å²) in [5.41, 5.74) is 11.0. The number of nitrogens with zero attached hydrogens (tertiary/aromatic N) is 2. The lowest BCUT2D eigenvalue weighted by Gasteiger charge is -2.16. The number of hydrogen-bond donors (Lipinski definition) is 4. The van der Waals surface area contributed by atoms with Gasteiger partial charge < -0.3 is 16.9 Å². The zero-order chi connectivity index (χ0) is 20.5. The lowest BCUT2D eigenvalue weighted by Crippen LogP contribution is -2.24. The topological polar surface area (TPSA) is 126 Å². The highest BCUT2D eigenvalue weighted by Crippen LogP contribution is 2.35.